The van der Waals surface area contributed by atoms with Crippen molar-refractivity contribution in [3.05, 3.63) is 44.7 Å². The lowest BCUT2D eigenvalue weighted by Crippen LogP contribution is -2.20. The molecule has 2 heterocycles. The fourth-order valence-corrected chi connectivity index (χ4v) is 3.65. The first-order valence-corrected chi connectivity index (χ1v) is 23.8. The van der Waals surface area contributed by atoms with Crippen LogP contribution in [-0.2, 0) is 35.3 Å². The van der Waals surface area contributed by atoms with Crippen molar-refractivity contribution in [3.63, 3.8) is 0 Å². The van der Waals surface area contributed by atoms with Gasteiger partial charge in [0.15, 0.2) is 0 Å². The van der Waals surface area contributed by atoms with E-state index >= 15 is 0 Å². The van der Waals surface area contributed by atoms with Crippen LogP contribution in [0, 0.1) is 14.9 Å². The zero-order valence-electron chi connectivity index (χ0n) is 30.9. The highest BCUT2D eigenvalue weighted by atomic mass is 33.1. The Bertz CT molecular complexity index is 771. The van der Waals surface area contributed by atoms with Crippen LogP contribution in [0.1, 0.15) is 50.1 Å². The number of amides is 2. The predicted molar refractivity (Wildman–Crippen MR) is 268 cm³/mol. The summed E-state index contributed by atoms with van der Waals surface area (Å²) < 4.78 is 9.62. The molecule has 2 saturated heterocycles. The molecule has 6 N–H and O–H groups in total. The second kappa shape index (κ2) is 111. The molecule has 20 heteroatoms. The first-order valence-electron chi connectivity index (χ1n) is 13.0. The lowest BCUT2D eigenvalue weighted by atomic mass is 10.2. The number of nitrogens with one attached hydrogen (secondary N) is 2. The second-order valence-corrected chi connectivity index (χ2v) is 15.5. The molecule has 0 aromatic heterocycles. The molecule has 2 aliphatic rings. The Kier molecular flexibility index (Phi) is 201. The van der Waals surface area contributed by atoms with E-state index in [4.69, 9.17) is 28.7 Å². The van der Waals surface area contributed by atoms with Crippen molar-refractivity contribution >= 4 is 115 Å². The second-order valence-electron chi connectivity index (χ2n) is 6.30. The molecule has 0 bridgehead atoms. The van der Waals surface area contributed by atoms with Crippen molar-refractivity contribution in [2.45, 2.75) is 56.1 Å². The molecule has 0 saturated carbocycles. The lowest BCUT2D eigenvalue weighted by Gasteiger charge is -2.04. The summed E-state index contributed by atoms with van der Waals surface area (Å²) in [6.07, 6.45) is 11.9. The van der Waals surface area contributed by atoms with Gasteiger partial charge in [0.05, 0.1) is 0 Å². The summed E-state index contributed by atoms with van der Waals surface area (Å²) in [5.74, 6) is 6.51. The van der Waals surface area contributed by atoms with E-state index in [1.54, 1.807) is 80.8 Å². The van der Waals surface area contributed by atoms with E-state index in [1.165, 1.54) is 42.0 Å². The Balaban J connectivity index is -0.0000000271. The summed E-state index contributed by atoms with van der Waals surface area (Å²) >= 11 is 7.50. The van der Waals surface area contributed by atoms with E-state index in [1.807, 2.05) is 85.3 Å². The number of nitrogens with two attached hydrogens (primary N) is 2. The van der Waals surface area contributed by atoms with Gasteiger partial charge in [0.25, 0.3) is 0 Å². The molecule has 55 heavy (non-hydrogen) atoms. The van der Waals surface area contributed by atoms with Gasteiger partial charge in [-0.1, -0.05) is 99.9 Å². The minimum atomic E-state index is -0.405. The molecule has 2 amide bonds. The number of carbonyl (C=O) groups excluding carboxylic acids is 6. The molecule has 0 aliphatic carbocycles. The summed E-state index contributed by atoms with van der Waals surface area (Å²) in [4.78, 5) is 54.9. The number of hydrogen-bond donors (Lipinski definition) is 4. The Morgan fingerprint density at radius 2 is 0.945 bits per heavy atom. The molecule has 0 unspecified atom stereocenters. The molecule has 0 spiro atoms. The molecular formula is C35H84N4O8S8-2. The van der Waals surface area contributed by atoms with Crippen LogP contribution in [0.3, 0.4) is 0 Å². The zero-order valence-corrected chi connectivity index (χ0v) is 37.5. The molecule has 342 valence electrons. The fraction of sp³-hybridized carbons (Fsp3) is 0.657. The smallest absolute Gasteiger partial charge is 0.407 e. The van der Waals surface area contributed by atoms with Crippen molar-refractivity contribution in [2.75, 3.05) is 101 Å². The van der Waals surface area contributed by atoms with Crippen LogP contribution in [0.5, 0.6) is 0 Å². The quantitative estimate of drug-likeness (QED) is 0.0830. The van der Waals surface area contributed by atoms with E-state index in [0.717, 1.165) is 11.3 Å². The van der Waals surface area contributed by atoms with Crippen molar-refractivity contribution in [2.24, 2.45) is 11.5 Å². The van der Waals surface area contributed by atoms with Crippen LogP contribution in [-0.4, -0.2) is 126 Å². The van der Waals surface area contributed by atoms with Crippen LogP contribution >= 0.6 is 90.2 Å². The molecule has 0 radical (unpaired) electrons. The van der Waals surface area contributed by atoms with Gasteiger partial charge in [-0.2, -0.15) is 66.2 Å². The number of carbonyl (C=O) groups is 2. The largest absolute Gasteiger partial charge is 0.449 e. The summed E-state index contributed by atoms with van der Waals surface area (Å²) in [6.45, 7) is 0.787. The Hall–Kier alpha value is -0.760. The van der Waals surface area contributed by atoms with E-state index in [0.29, 0.717) is 13.2 Å². The Morgan fingerprint density at radius 1 is 0.655 bits per heavy atom. The van der Waals surface area contributed by atoms with Crippen molar-refractivity contribution in [1.82, 2.24) is 10.6 Å². The monoisotopic (exact) mass is 944 g/mol. The van der Waals surface area contributed by atoms with Gasteiger partial charge in [0.1, 0.15) is 13.2 Å². The first kappa shape index (κ1) is 99.8. The van der Waals surface area contributed by atoms with Gasteiger partial charge in [-0.05, 0) is 69.3 Å². The number of rotatable bonds is 8. The van der Waals surface area contributed by atoms with Gasteiger partial charge < -0.3 is 46.4 Å². The molecule has 2 aliphatic heterocycles. The predicted octanol–water partition coefficient (Wildman–Crippen LogP) is 10.4. The average Bonchev–Trinajstić information content (AvgIpc) is 3.98. The number of benzene rings is 1. The van der Waals surface area contributed by atoms with Gasteiger partial charge >= 0.3 is 24.5 Å². The standard InChI is InChI=1S/C10H13NO2S2.C5H11NO2S2.2C2H4S.2C2H6S.2CH5N.2CO2.6CH4.2CH3/c1-11-10(12)13-7-8-3-5-9(6-4-8)15-14-2;1-6-5(7)8-3-4-10-9-2;2*1-2-3-1;2*1-3-2;2*1-2;2*2-1-3;;;;;;;;/h3-6H,7H2,1-2H3,(H,11,12);3-4H2,1-2H3,(H,6,7);2*1-2H2;2*1-2H3;2*2H2,1H3;;;6*1H4;2*1H3/q;;;;;;;;;;;;;;;;2*-1. The van der Waals surface area contributed by atoms with E-state index in [9.17, 15) is 9.59 Å². The first-order chi connectivity index (χ1) is 22.7. The maximum atomic E-state index is 10.8. The molecule has 0 atom stereocenters. The minimum absolute atomic E-state index is 0. The van der Waals surface area contributed by atoms with Gasteiger partial charge in [0, 0.05) is 47.8 Å². The van der Waals surface area contributed by atoms with Gasteiger partial charge in [0.2, 0.25) is 0 Å². The minimum Gasteiger partial charge on any atom is -0.449 e. The topological polar surface area (TPSA) is 197 Å². The number of ether oxygens (including phenoxy) is 2. The molecule has 3 rings (SSSR count). The third-order valence-electron chi connectivity index (χ3n) is 2.81. The summed E-state index contributed by atoms with van der Waals surface area (Å²) in [5.41, 5.74) is 9.99. The average molecular weight is 946 g/mol. The molecule has 1 aromatic carbocycles. The highest BCUT2D eigenvalue weighted by Gasteiger charge is 2.00. The maximum Gasteiger partial charge on any atom is 0.407 e. The Morgan fingerprint density at radius 3 is 1.18 bits per heavy atom. The van der Waals surface area contributed by atoms with Crippen molar-refractivity contribution in [1.29, 1.82) is 0 Å². The summed E-state index contributed by atoms with van der Waals surface area (Å²) in [6, 6.07) is 7.95. The normalized spacial score (nSPS) is 8.07. The third-order valence-corrected chi connectivity index (χ3v) is 7.11. The Labute approximate surface area is 374 Å². The highest BCUT2D eigenvalue weighted by Crippen LogP contribution is 2.28. The zero-order chi connectivity index (χ0) is 38.0. The van der Waals surface area contributed by atoms with E-state index in [2.05, 4.69) is 22.1 Å². The van der Waals surface area contributed by atoms with Gasteiger partial charge in [-0.3, -0.25) is 0 Å². The summed E-state index contributed by atoms with van der Waals surface area (Å²) in [7, 11) is 12.8. The fourth-order valence-electron chi connectivity index (χ4n) is 1.28. The van der Waals surface area contributed by atoms with Crippen LogP contribution < -0.4 is 22.1 Å². The van der Waals surface area contributed by atoms with Crippen LogP contribution in [0.25, 0.3) is 0 Å². The number of alkyl carbamates (subject to hydrolysis) is 2. The van der Waals surface area contributed by atoms with Gasteiger partial charge in [-0.15, -0.1) is 0 Å². The van der Waals surface area contributed by atoms with Crippen LogP contribution in [0.2, 0.25) is 0 Å². The number of thioether (sulfide) groups is 4. The van der Waals surface area contributed by atoms with Crippen molar-refractivity contribution < 1.29 is 38.2 Å². The molecule has 1 aromatic rings. The van der Waals surface area contributed by atoms with E-state index in [-0.39, 0.29) is 77.8 Å². The maximum absolute atomic E-state index is 10.8. The van der Waals surface area contributed by atoms with Crippen molar-refractivity contribution in [3.8, 4) is 0 Å². The van der Waals surface area contributed by atoms with Gasteiger partial charge in [-0.25, -0.2) is 9.59 Å². The van der Waals surface area contributed by atoms with Crippen LogP contribution in [0.15, 0.2) is 29.2 Å². The molecule has 12 nitrogen and oxygen atoms in total. The van der Waals surface area contributed by atoms with Crippen LogP contribution in [0.4, 0.5) is 9.59 Å². The van der Waals surface area contributed by atoms with E-state index < -0.39 is 6.09 Å². The highest BCUT2D eigenvalue weighted by molar-refractivity contribution is 8.76. The number of hydrogen-bond acceptors (Lipinski definition) is 18. The SMILES string of the molecule is C.C.C.C.C.C.C1CS1.C1CS1.CN.CN.CNC(=O)OCCSSC.CNC(=O)OCc1ccc(SSC)cc1.CSC.CSC.O=C=O.O=C=O.[CH3-].[CH3-]. The molecule has 2 fully saturated rings. The lowest BCUT2D eigenvalue weighted by molar-refractivity contribution is -0.193. The third kappa shape index (κ3) is 163. The summed E-state index contributed by atoms with van der Waals surface area (Å²) in [5, 5.41) is 4.76. The molecular weight excluding hydrogens is 861 g/mol.